The van der Waals surface area contributed by atoms with Crippen molar-refractivity contribution >= 4 is 50.8 Å². The van der Waals surface area contributed by atoms with E-state index in [0.29, 0.717) is 4.34 Å². The summed E-state index contributed by atoms with van der Waals surface area (Å²) >= 11 is 2.47. The van der Waals surface area contributed by atoms with Gasteiger partial charge in [0, 0.05) is 7.05 Å². The minimum Gasteiger partial charge on any atom is -0.477 e. The van der Waals surface area contributed by atoms with E-state index in [-0.39, 0.29) is 32.8 Å². The number of anilines is 2. The molecular weight excluding hydrogens is 389 g/mol. The number of rotatable bonds is 4. The molecule has 0 saturated heterocycles. The van der Waals surface area contributed by atoms with E-state index in [1.165, 1.54) is 35.5 Å². The van der Waals surface area contributed by atoms with Gasteiger partial charge in [0.15, 0.2) is 4.34 Å². The van der Waals surface area contributed by atoms with Gasteiger partial charge in [0.1, 0.15) is 27.4 Å². The average molecular weight is 410 g/mol. The number of benzene rings is 1. The number of carboxylic acid groups (broad SMARTS) is 1. The maximum atomic E-state index is 14.2. The highest BCUT2D eigenvalue weighted by atomic mass is 32.2. The van der Waals surface area contributed by atoms with Gasteiger partial charge in [-0.05, 0) is 30.9 Å². The number of thiazole rings is 1. The first-order valence-electron chi connectivity index (χ1n) is 8.17. The minimum absolute atomic E-state index is 0.00861. The molecule has 1 aromatic carbocycles. The van der Waals surface area contributed by atoms with Crippen LogP contribution in [0.4, 0.5) is 15.9 Å². The van der Waals surface area contributed by atoms with Gasteiger partial charge in [0.2, 0.25) is 0 Å². The molecule has 0 spiro atoms. The fourth-order valence-electron chi connectivity index (χ4n) is 2.43. The number of nitrogens with one attached hydrogen (secondary N) is 1. The van der Waals surface area contributed by atoms with Crippen molar-refractivity contribution in [1.82, 2.24) is 9.55 Å². The molecule has 0 amide bonds. The fourth-order valence-corrected chi connectivity index (χ4v) is 3.98. The SMILES string of the molecule is CC.CSc1nc2c(C(=O)O)c(Nc3ccc(C)cc3F)n(C)c(=O)c2s1. The number of hydrogen-bond donors (Lipinski definition) is 2. The van der Waals surface area contributed by atoms with Gasteiger partial charge in [-0.2, -0.15) is 0 Å². The van der Waals surface area contributed by atoms with Crippen LogP contribution in [0.15, 0.2) is 27.3 Å². The molecular formula is C18H20FN3O3S2. The quantitative estimate of drug-likeness (QED) is 0.611. The van der Waals surface area contributed by atoms with E-state index in [1.807, 2.05) is 13.8 Å². The van der Waals surface area contributed by atoms with Crippen LogP contribution >= 0.6 is 23.1 Å². The predicted molar refractivity (Wildman–Crippen MR) is 109 cm³/mol. The van der Waals surface area contributed by atoms with Crippen molar-refractivity contribution < 1.29 is 14.3 Å². The Morgan fingerprint density at radius 2 is 2.04 bits per heavy atom. The second-order valence-electron chi connectivity index (χ2n) is 5.36. The summed E-state index contributed by atoms with van der Waals surface area (Å²) in [6.07, 6.45) is 1.80. The zero-order valence-electron chi connectivity index (χ0n) is 15.6. The van der Waals surface area contributed by atoms with Gasteiger partial charge >= 0.3 is 5.97 Å². The zero-order valence-corrected chi connectivity index (χ0v) is 17.2. The number of fused-ring (bicyclic) bond motifs is 1. The molecule has 9 heteroatoms. The molecule has 0 saturated carbocycles. The highest BCUT2D eigenvalue weighted by Gasteiger charge is 2.24. The maximum absolute atomic E-state index is 14.2. The Morgan fingerprint density at radius 1 is 1.37 bits per heavy atom. The number of aryl methyl sites for hydroxylation is 1. The van der Waals surface area contributed by atoms with Crippen molar-refractivity contribution in [2.45, 2.75) is 25.1 Å². The van der Waals surface area contributed by atoms with Crippen LogP contribution in [0.2, 0.25) is 0 Å². The summed E-state index contributed by atoms with van der Waals surface area (Å²) in [4.78, 5) is 28.7. The Bertz CT molecular complexity index is 1060. The van der Waals surface area contributed by atoms with Crippen LogP contribution in [0.5, 0.6) is 0 Å². The molecule has 0 aliphatic carbocycles. The first-order valence-corrected chi connectivity index (χ1v) is 10.2. The van der Waals surface area contributed by atoms with E-state index in [2.05, 4.69) is 10.3 Å². The molecule has 3 rings (SSSR count). The van der Waals surface area contributed by atoms with Gasteiger partial charge in [-0.3, -0.25) is 9.36 Å². The third kappa shape index (κ3) is 3.98. The molecule has 0 bridgehead atoms. The topological polar surface area (TPSA) is 84.2 Å². The van der Waals surface area contributed by atoms with Crippen LogP contribution < -0.4 is 10.9 Å². The molecule has 0 atom stereocenters. The normalized spacial score (nSPS) is 10.4. The summed E-state index contributed by atoms with van der Waals surface area (Å²) in [5.41, 5.74) is 0.388. The lowest BCUT2D eigenvalue weighted by Crippen LogP contribution is -2.23. The highest BCUT2D eigenvalue weighted by molar-refractivity contribution is 8.00. The maximum Gasteiger partial charge on any atom is 0.341 e. The molecule has 2 aromatic heterocycles. The summed E-state index contributed by atoms with van der Waals surface area (Å²) in [6.45, 7) is 5.75. The number of halogens is 1. The Kier molecular flexibility index (Phi) is 6.61. The number of hydrogen-bond acceptors (Lipinski definition) is 6. The molecule has 2 heterocycles. The van der Waals surface area contributed by atoms with E-state index in [0.717, 1.165) is 16.9 Å². The lowest BCUT2D eigenvalue weighted by Gasteiger charge is -2.15. The minimum atomic E-state index is -1.24. The van der Waals surface area contributed by atoms with E-state index >= 15 is 0 Å². The Labute approximate surface area is 164 Å². The number of aromatic carboxylic acids is 1. The molecule has 6 nitrogen and oxygen atoms in total. The van der Waals surface area contributed by atoms with Crippen LogP contribution in [0.1, 0.15) is 29.8 Å². The van der Waals surface area contributed by atoms with E-state index < -0.39 is 11.8 Å². The van der Waals surface area contributed by atoms with Crippen LogP contribution in [0.25, 0.3) is 10.2 Å². The second-order valence-corrected chi connectivity index (χ2v) is 7.42. The van der Waals surface area contributed by atoms with E-state index in [9.17, 15) is 19.1 Å². The van der Waals surface area contributed by atoms with Crippen molar-refractivity contribution in [1.29, 1.82) is 0 Å². The van der Waals surface area contributed by atoms with Crippen molar-refractivity contribution in [2.24, 2.45) is 7.05 Å². The standard InChI is InChI=1S/C16H14FN3O3S2.C2H6/c1-7-4-5-9(8(17)6-7)18-13-10(15(22)23)11-12(14(21)20(13)2)25-16(19-11)24-3;1-2/h4-6,18H,1-3H3,(H,22,23);1-2H3. The number of aromatic nitrogens is 2. The Hall–Kier alpha value is -2.39. The van der Waals surface area contributed by atoms with Gasteiger partial charge in [-0.1, -0.05) is 31.7 Å². The first kappa shape index (κ1) is 20.9. The lowest BCUT2D eigenvalue weighted by molar-refractivity contribution is 0.0699. The Morgan fingerprint density at radius 3 is 2.59 bits per heavy atom. The molecule has 0 aliphatic heterocycles. The number of thioether (sulfide) groups is 1. The summed E-state index contributed by atoms with van der Waals surface area (Å²) in [5.74, 6) is -1.79. The molecule has 27 heavy (non-hydrogen) atoms. The number of carbonyl (C=O) groups is 1. The van der Waals surface area contributed by atoms with Crippen LogP contribution in [-0.4, -0.2) is 26.9 Å². The Balaban J connectivity index is 0.00000126. The summed E-state index contributed by atoms with van der Waals surface area (Å²) in [6, 6.07) is 4.52. The van der Waals surface area contributed by atoms with E-state index in [1.54, 1.807) is 19.2 Å². The molecule has 0 fully saturated rings. The molecule has 2 N–H and O–H groups in total. The third-order valence-corrected chi connectivity index (χ3v) is 5.71. The average Bonchev–Trinajstić information content (AvgIpc) is 3.07. The molecule has 3 aromatic rings. The number of nitrogens with zero attached hydrogens (tertiary/aromatic N) is 2. The van der Waals surface area contributed by atoms with Gasteiger partial charge in [0.25, 0.3) is 5.56 Å². The second kappa shape index (κ2) is 8.53. The van der Waals surface area contributed by atoms with Crippen molar-refractivity contribution in [3.63, 3.8) is 0 Å². The predicted octanol–water partition coefficient (Wildman–Crippen LogP) is 4.63. The van der Waals surface area contributed by atoms with Crippen LogP contribution in [0.3, 0.4) is 0 Å². The van der Waals surface area contributed by atoms with Crippen LogP contribution in [-0.2, 0) is 7.05 Å². The van der Waals surface area contributed by atoms with Gasteiger partial charge < -0.3 is 10.4 Å². The van der Waals surface area contributed by atoms with E-state index in [4.69, 9.17) is 0 Å². The van der Waals surface area contributed by atoms with Crippen molar-refractivity contribution in [3.8, 4) is 0 Å². The molecule has 0 aliphatic rings. The van der Waals surface area contributed by atoms with Gasteiger partial charge in [-0.15, -0.1) is 11.3 Å². The monoisotopic (exact) mass is 409 g/mol. The van der Waals surface area contributed by atoms with Crippen molar-refractivity contribution in [3.05, 3.63) is 45.5 Å². The fraction of sp³-hybridized carbons (Fsp3) is 0.278. The summed E-state index contributed by atoms with van der Waals surface area (Å²) in [5, 5.41) is 12.4. The largest absolute Gasteiger partial charge is 0.477 e. The zero-order chi connectivity index (χ0) is 20.3. The third-order valence-electron chi connectivity index (χ3n) is 3.68. The first-order chi connectivity index (χ1) is 12.8. The summed E-state index contributed by atoms with van der Waals surface area (Å²) < 4.78 is 16.2. The summed E-state index contributed by atoms with van der Waals surface area (Å²) in [7, 11) is 1.45. The van der Waals surface area contributed by atoms with Gasteiger partial charge in [0.05, 0.1) is 5.69 Å². The van der Waals surface area contributed by atoms with Crippen molar-refractivity contribution in [2.75, 3.05) is 11.6 Å². The number of carboxylic acids is 1. The van der Waals surface area contributed by atoms with Gasteiger partial charge in [-0.25, -0.2) is 14.2 Å². The number of pyridine rings is 1. The van der Waals surface area contributed by atoms with Crippen LogP contribution in [0, 0.1) is 12.7 Å². The molecule has 144 valence electrons. The highest BCUT2D eigenvalue weighted by Crippen LogP contribution is 2.32. The molecule has 0 unspecified atom stereocenters. The molecule has 0 radical (unpaired) electrons. The smallest absolute Gasteiger partial charge is 0.341 e. The lowest BCUT2D eigenvalue weighted by atomic mass is 10.2.